The van der Waals surface area contributed by atoms with E-state index in [1.807, 2.05) is 12.4 Å². The molecular formula is C14H16N4S2. The average Bonchev–Trinajstić information content (AvgIpc) is 3.09. The molecule has 4 nitrogen and oxygen atoms in total. The third kappa shape index (κ3) is 2.76. The Morgan fingerprint density at radius 1 is 1.25 bits per heavy atom. The summed E-state index contributed by atoms with van der Waals surface area (Å²) in [4.78, 5) is 10.0. The molecule has 1 atom stereocenters. The van der Waals surface area contributed by atoms with Crippen molar-refractivity contribution in [1.29, 1.82) is 0 Å². The highest BCUT2D eigenvalue weighted by Gasteiger charge is 2.11. The van der Waals surface area contributed by atoms with Crippen molar-refractivity contribution in [2.24, 2.45) is 0 Å². The summed E-state index contributed by atoms with van der Waals surface area (Å²) in [5, 5.41) is 14.0. The van der Waals surface area contributed by atoms with Crippen molar-refractivity contribution < 1.29 is 0 Å². The molecule has 3 aromatic rings. The molecule has 0 bridgehead atoms. The van der Waals surface area contributed by atoms with E-state index in [2.05, 4.69) is 50.4 Å². The van der Waals surface area contributed by atoms with E-state index >= 15 is 0 Å². The highest BCUT2D eigenvalue weighted by Crippen LogP contribution is 2.27. The number of thiophene rings is 2. The van der Waals surface area contributed by atoms with E-state index in [0.29, 0.717) is 12.0 Å². The van der Waals surface area contributed by atoms with Crippen LogP contribution in [0.4, 0.5) is 11.8 Å². The van der Waals surface area contributed by atoms with Crippen molar-refractivity contribution in [2.45, 2.75) is 19.4 Å². The first-order chi connectivity index (χ1) is 9.76. The number of anilines is 2. The number of hydrogen-bond donors (Lipinski definition) is 2. The Labute approximate surface area is 125 Å². The molecule has 0 saturated carbocycles. The summed E-state index contributed by atoms with van der Waals surface area (Å²) in [6.45, 7) is 2.18. The fraction of sp³-hybridized carbons (Fsp3) is 0.286. The predicted molar refractivity (Wildman–Crippen MR) is 88.1 cm³/mol. The summed E-state index contributed by atoms with van der Waals surface area (Å²) in [6.07, 6.45) is 0.994. The van der Waals surface area contributed by atoms with Gasteiger partial charge in [0.15, 0.2) is 0 Å². The third-order valence-corrected chi connectivity index (χ3v) is 4.59. The van der Waals surface area contributed by atoms with Gasteiger partial charge in [-0.05, 0) is 47.2 Å². The van der Waals surface area contributed by atoms with E-state index in [0.717, 1.165) is 22.5 Å². The topological polar surface area (TPSA) is 49.8 Å². The van der Waals surface area contributed by atoms with E-state index in [-0.39, 0.29) is 0 Å². The number of nitrogens with one attached hydrogen (secondary N) is 2. The van der Waals surface area contributed by atoms with Crippen LogP contribution in [-0.2, 0) is 6.42 Å². The fourth-order valence-corrected chi connectivity index (χ4v) is 3.57. The fourth-order valence-electron chi connectivity index (χ4n) is 2.12. The Morgan fingerprint density at radius 3 is 2.90 bits per heavy atom. The maximum absolute atomic E-state index is 4.54. The van der Waals surface area contributed by atoms with Gasteiger partial charge in [0.05, 0.1) is 5.39 Å². The Bertz CT molecular complexity index is 690. The molecule has 0 aliphatic heterocycles. The van der Waals surface area contributed by atoms with Gasteiger partial charge in [0.1, 0.15) is 10.6 Å². The molecule has 0 aliphatic carbocycles. The Kier molecular flexibility index (Phi) is 3.84. The average molecular weight is 304 g/mol. The molecule has 0 saturated heterocycles. The molecule has 20 heavy (non-hydrogen) atoms. The van der Waals surface area contributed by atoms with E-state index in [4.69, 9.17) is 0 Å². The van der Waals surface area contributed by atoms with Crippen molar-refractivity contribution in [3.8, 4) is 0 Å². The highest BCUT2D eigenvalue weighted by atomic mass is 32.1. The molecule has 0 aliphatic rings. The number of fused-ring (bicyclic) bond motifs is 1. The standard InChI is InChI=1S/C14H16N4S2/c1-9(7-10-3-5-19-8-10)16-12-11-4-6-20-13(11)18-14(15-2)17-12/h3-6,8-9H,7H2,1-2H3,(H2,15,16,17,18). The van der Waals surface area contributed by atoms with Gasteiger partial charge in [-0.3, -0.25) is 0 Å². The van der Waals surface area contributed by atoms with E-state index in [1.54, 1.807) is 22.7 Å². The smallest absolute Gasteiger partial charge is 0.225 e. The summed E-state index contributed by atoms with van der Waals surface area (Å²) in [6, 6.07) is 4.56. The number of hydrogen-bond acceptors (Lipinski definition) is 6. The van der Waals surface area contributed by atoms with Gasteiger partial charge in [-0.15, -0.1) is 11.3 Å². The van der Waals surface area contributed by atoms with Crippen LogP contribution in [0.15, 0.2) is 28.3 Å². The number of nitrogens with zero attached hydrogens (tertiary/aromatic N) is 2. The minimum Gasteiger partial charge on any atom is -0.367 e. The summed E-state index contributed by atoms with van der Waals surface area (Å²) < 4.78 is 0. The van der Waals surface area contributed by atoms with Crippen LogP contribution >= 0.6 is 22.7 Å². The van der Waals surface area contributed by atoms with Gasteiger partial charge in [-0.2, -0.15) is 16.3 Å². The second-order valence-corrected chi connectivity index (χ2v) is 6.34. The lowest BCUT2D eigenvalue weighted by Crippen LogP contribution is -2.19. The minimum absolute atomic E-state index is 0.326. The lowest BCUT2D eigenvalue weighted by Gasteiger charge is -2.15. The summed E-state index contributed by atoms with van der Waals surface area (Å²) >= 11 is 3.37. The predicted octanol–water partition coefficient (Wildman–Crippen LogP) is 3.84. The molecule has 6 heteroatoms. The van der Waals surface area contributed by atoms with Crippen molar-refractivity contribution in [3.05, 3.63) is 33.8 Å². The van der Waals surface area contributed by atoms with Crippen molar-refractivity contribution in [3.63, 3.8) is 0 Å². The summed E-state index contributed by atoms with van der Waals surface area (Å²) in [7, 11) is 1.84. The van der Waals surface area contributed by atoms with Crippen molar-refractivity contribution >= 4 is 44.7 Å². The normalized spacial score (nSPS) is 12.5. The highest BCUT2D eigenvalue weighted by molar-refractivity contribution is 7.16. The summed E-state index contributed by atoms with van der Waals surface area (Å²) in [5.74, 6) is 1.56. The van der Waals surface area contributed by atoms with E-state index < -0.39 is 0 Å². The van der Waals surface area contributed by atoms with Crippen LogP contribution in [0.5, 0.6) is 0 Å². The first-order valence-electron chi connectivity index (χ1n) is 6.47. The van der Waals surface area contributed by atoms with Crippen LogP contribution < -0.4 is 10.6 Å². The Balaban J connectivity index is 1.84. The Morgan fingerprint density at radius 2 is 2.15 bits per heavy atom. The van der Waals surface area contributed by atoms with Gasteiger partial charge in [0.25, 0.3) is 0 Å². The van der Waals surface area contributed by atoms with Crippen molar-refractivity contribution in [1.82, 2.24) is 9.97 Å². The first-order valence-corrected chi connectivity index (χ1v) is 8.29. The van der Waals surface area contributed by atoms with Gasteiger partial charge in [-0.1, -0.05) is 0 Å². The first kappa shape index (κ1) is 13.3. The molecule has 3 heterocycles. The molecule has 0 fully saturated rings. The molecule has 0 amide bonds. The minimum atomic E-state index is 0.326. The maximum Gasteiger partial charge on any atom is 0.225 e. The Hall–Kier alpha value is -1.66. The van der Waals surface area contributed by atoms with Gasteiger partial charge in [-0.25, -0.2) is 4.98 Å². The summed E-state index contributed by atoms with van der Waals surface area (Å²) in [5.41, 5.74) is 1.36. The quantitative estimate of drug-likeness (QED) is 0.752. The molecule has 0 radical (unpaired) electrons. The van der Waals surface area contributed by atoms with Crippen LogP contribution in [0.2, 0.25) is 0 Å². The molecule has 0 spiro atoms. The van der Waals surface area contributed by atoms with Crippen LogP contribution in [0, 0.1) is 0 Å². The molecule has 104 valence electrons. The monoisotopic (exact) mass is 304 g/mol. The zero-order valence-electron chi connectivity index (χ0n) is 11.4. The second kappa shape index (κ2) is 5.76. The zero-order valence-corrected chi connectivity index (χ0v) is 13.0. The van der Waals surface area contributed by atoms with Gasteiger partial charge >= 0.3 is 0 Å². The van der Waals surface area contributed by atoms with Crippen molar-refractivity contribution in [2.75, 3.05) is 17.7 Å². The number of rotatable bonds is 5. The van der Waals surface area contributed by atoms with E-state index in [9.17, 15) is 0 Å². The van der Waals surface area contributed by atoms with Gasteiger partial charge < -0.3 is 10.6 Å². The SMILES string of the molecule is CNc1nc(NC(C)Cc2ccsc2)c2ccsc2n1. The lowest BCUT2D eigenvalue weighted by atomic mass is 10.1. The molecule has 3 rings (SSSR count). The van der Waals surface area contributed by atoms with Crippen LogP contribution in [0.3, 0.4) is 0 Å². The van der Waals surface area contributed by atoms with E-state index in [1.165, 1.54) is 5.56 Å². The third-order valence-electron chi connectivity index (χ3n) is 3.05. The van der Waals surface area contributed by atoms with Crippen LogP contribution in [0.1, 0.15) is 12.5 Å². The zero-order chi connectivity index (χ0) is 13.9. The number of aromatic nitrogens is 2. The van der Waals surface area contributed by atoms with Crippen LogP contribution in [-0.4, -0.2) is 23.1 Å². The molecule has 0 aromatic carbocycles. The maximum atomic E-state index is 4.54. The lowest BCUT2D eigenvalue weighted by molar-refractivity contribution is 0.788. The molecule has 3 aromatic heterocycles. The molecular weight excluding hydrogens is 288 g/mol. The second-order valence-electron chi connectivity index (χ2n) is 4.67. The largest absolute Gasteiger partial charge is 0.367 e. The van der Waals surface area contributed by atoms with Gasteiger partial charge in [0, 0.05) is 13.1 Å². The molecule has 2 N–H and O–H groups in total. The van der Waals surface area contributed by atoms with Gasteiger partial charge in [0.2, 0.25) is 5.95 Å². The van der Waals surface area contributed by atoms with Crippen LogP contribution in [0.25, 0.3) is 10.2 Å². The molecule has 1 unspecified atom stereocenters.